The van der Waals surface area contributed by atoms with Crippen LogP contribution in [0.2, 0.25) is 0 Å². The summed E-state index contributed by atoms with van der Waals surface area (Å²) in [6.07, 6.45) is 3.81. The number of hydrogen-bond acceptors (Lipinski definition) is 4. The molecule has 0 aliphatic heterocycles. The summed E-state index contributed by atoms with van der Waals surface area (Å²) in [6.45, 7) is 4.05. The van der Waals surface area contributed by atoms with Gasteiger partial charge in [0.15, 0.2) is 11.5 Å². The summed E-state index contributed by atoms with van der Waals surface area (Å²) in [5, 5.41) is 8.94. The van der Waals surface area contributed by atoms with Crippen LogP contribution in [0.3, 0.4) is 0 Å². The van der Waals surface area contributed by atoms with Gasteiger partial charge in [0.1, 0.15) is 0 Å². The number of aromatic carboxylic acids is 1. The summed E-state index contributed by atoms with van der Waals surface area (Å²) in [4.78, 5) is 20.6. The van der Waals surface area contributed by atoms with Crippen molar-refractivity contribution < 1.29 is 9.90 Å². The first-order valence-corrected chi connectivity index (χ1v) is 4.85. The molecule has 1 aromatic heterocycles. The number of carboxylic acid groups (broad SMARTS) is 1. The molecule has 0 fully saturated rings. The molecule has 5 heteroatoms. The van der Waals surface area contributed by atoms with Crippen LogP contribution in [0.15, 0.2) is 12.4 Å². The zero-order valence-corrected chi connectivity index (χ0v) is 9.14. The van der Waals surface area contributed by atoms with Gasteiger partial charge in [0.2, 0.25) is 0 Å². The molecule has 0 aromatic carbocycles. The summed E-state index contributed by atoms with van der Waals surface area (Å²) >= 11 is 0. The van der Waals surface area contributed by atoms with Gasteiger partial charge in [0, 0.05) is 25.5 Å². The van der Waals surface area contributed by atoms with E-state index in [1.54, 1.807) is 0 Å². The first kappa shape index (κ1) is 11.4. The molecule has 82 valence electrons. The fourth-order valence-electron chi connectivity index (χ4n) is 1.22. The monoisotopic (exact) mass is 209 g/mol. The predicted octanol–water partition coefficient (Wildman–Crippen LogP) is 1.41. The molecule has 1 N–H and O–H groups in total. The third kappa shape index (κ3) is 2.43. The molecule has 15 heavy (non-hydrogen) atoms. The Balaban J connectivity index is 3.07. The number of nitrogens with zero attached hydrogens (tertiary/aromatic N) is 3. The van der Waals surface area contributed by atoms with Crippen LogP contribution in [0.5, 0.6) is 0 Å². The lowest BCUT2D eigenvalue weighted by molar-refractivity contribution is 0.0690. The molecular weight excluding hydrogens is 194 g/mol. The van der Waals surface area contributed by atoms with Gasteiger partial charge in [-0.3, -0.25) is 0 Å². The van der Waals surface area contributed by atoms with Gasteiger partial charge in [0.25, 0.3) is 0 Å². The van der Waals surface area contributed by atoms with Crippen LogP contribution in [0.4, 0.5) is 5.82 Å². The topological polar surface area (TPSA) is 66.3 Å². The molecular formula is C10H15N3O2. The Kier molecular flexibility index (Phi) is 3.60. The summed E-state index contributed by atoms with van der Waals surface area (Å²) in [6, 6.07) is 0.236. The van der Waals surface area contributed by atoms with E-state index in [1.165, 1.54) is 12.4 Å². The van der Waals surface area contributed by atoms with E-state index in [1.807, 2.05) is 25.8 Å². The molecule has 1 aromatic rings. The van der Waals surface area contributed by atoms with Gasteiger partial charge in [-0.05, 0) is 13.3 Å². The molecule has 0 saturated carbocycles. The van der Waals surface area contributed by atoms with Gasteiger partial charge >= 0.3 is 5.97 Å². The smallest absolute Gasteiger partial charge is 0.358 e. The third-order valence-electron chi connectivity index (χ3n) is 2.47. The zero-order valence-electron chi connectivity index (χ0n) is 9.14. The number of anilines is 1. The van der Waals surface area contributed by atoms with Crippen LogP contribution in [0, 0.1) is 0 Å². The lowest BCUT2D eigenvalue weighted by Gasteiger charge is -2.25. The highest BCUT2D eigenvalue weighted by Crippen LogP contribution is 2.16. The summed E-state index contributed by atoms with van der Waals surface area (Å²) < 4.78 is 0. The number of carbonyl (C=O) groups is 1. The molecule has 5 nitrogen and oxygen atoms in total. The second-order valence-electron chi connectivity index (χ2n) is 3.40. The van der Waals surface area contributed by atoms with Crippen LogP contribution in [0.1, 0.15) is 30.8 Å². The van der Waals surface area contributed by atoms with E-state index in [4.69, 9.17) is 5.11 Å². The van der Waals surface area contributed by atoms with Crippen molar-refractivity contribution in [2.45, 2.75) is 26.3 Å². The minimum atomic E-state index is -1.05. The second-order valence-corrected chi connectivity index (χ2v) is 3.40. The minimum absolute atomic E-state index is 0.000278. The van der Waals surface area contributed by atoms with Crippen molar-refractivity contribution in [3.63, 3.8) is 0 Å². The molecule has 1 rings (SSSR count). The molecule has 0 saturated heterocycles. The zero-order chi connectivity index (χ0) is 11.4. The van der Waals surface area contributed by atoms with Crippen molar-refractivity contribution in [1.29, 1.82) is 0 Å². The van der Waals surface area contributed by atoms with E-state index < -0.39 is 5.97 Å². The van der Waals surface area contributed by atoms with Gasteiger partial charge in [-0.2, -0.15) is 0 Å². The largest absolute Gasteiger partial charge is 0.476 e. The fourth-order valence-corrected chi connectivity index (χ4v) is 1.22. The average molecular weight is 209 g/mol. The summed E-state index contributed by atoms with van der Waals surface area (Å²) in [5.41, 5.74) is 0.000278. The third-order valence-corrected chi connectivity index (χ3v) is 2.47. The highest BCUT2D eigenvalue weighted by molar-refractivity contribution is 5.90. The number of rotatable bonds is 4. The van der Waals surface area contributed by atoms with Crippen molar-refractivity contribution >= 4 is 11.8 Å². The number of aromatic nitrogens is 2. The molecule has 0 amide bonds. The van der Waals surface area contributed by atoms with E-state index in [-0.39, 0.29) is 11.7 Å². The van der Waals surface area contributed by atoms with Crippen molar-refractivity contribution in [1.82, 2.24) is 9.97 Å². The maximum Gasteiger partial charge on any atom is 0.358 e. The van der Waals surface area contributed by atoms with E-state index >= 15 is 0 Å². The summed E-state index contributed by atoms with van der Waals surface area (Å²) in [5.74, 6) is -0.632. The normalized spacial score (nSPS) is 12.2. The van der Waals surface area contributed by atoms with Gasteiger partial charge in [-0.25, -0.2) is 14.8 Å². The average Bonchev–Trinajstić information content (AvgIpc) is 2.27. The Morgan fingerprint density at radius 1 is 1.53 bits per heavy atom. The van der Waals surface area contributed by atoms with Crippen molar-refractivity contribution in [2.24, 2.45) is 0 Å². The van der Waals surface area contributed by atoms with Gasteiger partial charge in [-0.15, -0.1) is 0 Å². The highest BCUT2D eigenvalue weighted by atomic mass is 16.4. The molecule has 1 unspecified atom stereocenters. The SMILES string of the molecule is CCC(C)N(C)c1nccnc1C(=O)O. The maximum absolute atomic E-state index is 10.9. The van der Waals surface area contributed by atoms with Crippen LogP contribution in [-0.2, 0) is 0 Å². The van der Waals surface area contributed by atoms with Crippen molar-refractivity contribution in [3.8, 4) is 0 Å². The molecule has 0 spiro atoms. The van der Waals surface area contributed by atoms with E-state index in [2.05, 4.69) is 9.97 Å². The molecule has 0 bridgehead atoms. The Morgan fingerprint density at radius 3 is 2.67 bits per heavy atom. The molecule has 0 radical (unpaired) electrons. The number of hydrogen-bond donors (Lipinski definition) is 1. The molecule has 0 aliphatic carbocycles. The second kappa shape index (κ2) is 4.72. The van der Waals surface area contributed by atoms with Crippen LogP contribution in [0.25, 0.3) is 0 Å². The van der Waals surface area contributed by atoms with Gasteiger partial charge in [0.05, 0.1) is 0 Å². The highest BCUT2D eigenvalue weighted by Gasteiger charge is 2.18. The van der Waals surface area contributed by atoms with Gasteiger partial charge < -0.3 is 10.0 Å². The Bertz CT molecular complexity index is 354. The lowest BCUT2D eigenvalue weighted by Crippen LogP contribution is -2.30. The first-order chi connectivity index (χ1) is 7.07. The van der Waals surface area contributed by atoms with E-state index in [0.29, 0.717) is 5.82 Å². The lowest BCUT2D eigenvalue weighted by atomic mass is 10.2. The Morgan fingerprint density at radius 2 is 2.13 bits per heavy atom. The minimum Gasteiger partial charge on any atom is -0.476 e. The standard InChI is InChI=1S/C10H15N3O2/c1-4-7(2)13(3)9-8(10(14)15)11-5-6-12-9/h5-7H,4H2,1-3H3,(H,14,15). The van der Waals surface area contributed by atoms with E-state index in [0.717, 1.165) is 6.42 Å². The van der Waals surface area contributed by atoms with Crippen molar-refractivity contribution in [3.05, 3.63) is 18.1 Å². The molecule has 0 aliphatic rings. The van der Waals surface area contributed by atoms with Crippen LogP contribution in [-0.4, -0.2) is 34.1 Å². The first-order valence-electron chi connectivity index (χ1n) is 4.85. The Hall–Kier alpha value is -1.65. The maximum atomic E-state index is 10.9. The fraction of sp³-hybridized carbons (Fsp3) is 0.500. The Labute approximate surface area is 88.8 Å². The predicted molar refractivity (Wildman–Crippen MR) is 57.1 cm³/mol. The molecule has 1 heterocycles. The summed E-state index contributed by atoms with van der Waals surface area (Å²) in [7, 11) is 1.82. The number of carboxylic acids is 1. The quantitative estimate of drug-likeness (QED) is 0.812. The molecule has 1 atom stereocenters. The van der Waals surface area contributed by atoms with Crippen molar-refractivity contribution in [2.75, 3.05) is 11.9 Å². The van der Waals surface area contributed by atoms with E-state index in [9.17, 15) is 4.79 Å². The van der Waals surface area contributed by atoms with Gasteiger partial charge in [-0.1, -0.05) is 6.92 Å². The van der Waals surface area contributed by atoms with Crippen LogP contribution >= 0.6 is 0 Å². The van der Waals surface area contributed by atoms with Crippen LogP contribution < -0.4 is 4.90 Å².